The Kier molecular flexibility index (Phi) is 2.86. The molecular weight excluding hydrogens is 308 g/mol. The highest BCUT2D eigenvalue weighted by molar-refractivity contribution is 6.15. The van der Waals surface area contributed by atoms with Crippen molar-refractivity contribution in [3.8, 4) is 5.69 Å². The summed E-state index contributed by atoms with van der Waals surface area (Å²) in [6.45, 7) is 0. The summed E-state index contributed by atoms with van der Waals surface area (Å²) in [6.07, 6.45) is 4.82. The van der Waals surface area contributed by atoms with E-state index in [-0.39, 0.29) is 11.1 Å². The molecule has 4 rings (SSSR count). The third-order valence-corrected chi connectivity index (χ3v) is 4.25. The zero-order valence-electron chi connectivity index (χ0n) is 13.1. The van der Waals surface area contributed by atoms with Gasteiger partial charge >= 0.3 is 5.97 Å². The second-order valence-corrected chi connectivity index (χ2v) is 5.70. The summed E-state index contributed by atoms with van der Waals surface area (Å²) >= 11 is 0. The van der Waals surface area contributed by atoms with Crippen LogP contribution in [-0.2, 0) is 14.1 Å². The minimum atomic E-state index is -1.07. The first-order valence-electron chi connectivity index (χ1n) is 7.34. The van der Waals surface area contributed by atoms with Gasteiger partial charge in [0.05, 0.1) is 23.0 Å². The van der Waals surface area contributed by atoms with E-state index < -0.39 is 5.97 Å². The van der Waals surface area contributed by atoms with E-state index in [0.29, 0.717) is 22.1 Å². The predicted octanol–water partition coefficient (Wildman–Crippen LogP) is 1.91. The number of nitrogens with zero attached hydrogens (tertiary/aromatic N) is 4. The van der Waals surface area contributed by atoms with Gasteiger partial charge in [0.2, 0.25) is 0 Å². The smallest absolute Gasteiger partial charge is 0.337 e. The van der Waals surface area contributed by atoms with Crippen LogP contribution < -0.4 is 5.56 Å². The maximum Gasteiger partial charge on any atom is 0.337 e. The van der Waals surface area contributed by atoms with Crippen molar-refractivity contribution in [1.29, 1.82) is 0 Å². The van der Waals surface area contributed by atoms with E-state index in [1.165, 1.54) is 10.8 Å². The maximum atomic E-state index is 12.9. The number of hydrogen-bond acceptors (Lipinski definition) is 3. The van der Waals surface area contributed by atoms with Crippen LogP contribution in [0.2, 0.25) is 0 Å². The second-order valence-electron chi connectivity index (χ2n) is 5.70. The Labute approximate surface area is 136 Å². The summed E-state index contributed by atoms with van der Waals surface area (Å²) in [4.78, 5) is 24.7. The van der Waals surface area contributed by atoms with Gasteiger partial charge in [0.1, 0.15) is 5.52 Å². The number of carboxylic acids is 1. The lowest BCUT2D eigenvalue weighted by atomic mass is 10.1. The number of fused-ring (bicyclic) bond motifs is 3. The number of rotatable bonds is 2. The van der Waals surface area contributed by atoms with Gasteiger partial charge in [-0.1, -0.05) is 18.2 Å². The number of pyridine rings is 1. The molecule has 0 fully saturated rings. The van der Waals surface area contributed by atoms with Gasteiger partial charge in [-0.05, 0) is 6.07 Å². The summed E-state index contributed by atoms with van der Waals surface area (Å²) in [7, 11) is 3.45. The van der Waals surface area contributed by atoms with Crippen LogP contribution in [0.25, 0.3) is 27.5 Å². The molecule has 0 bridgehead atoms. The number of aromatic nitrogens is 4. The lowest BCUT2D eigenvalue weighted by Crippen LogP contribution is -2.19. The number of para-hydroxylation sites is 1. The molecule has 3 heterocycles. The van der Waals surface area contributed by atoms with Crippen molar-refractivity contribution in [3.05, 3.63) is 58.8 Å². The molecule has 0 aliphatic carbocycles. The van der Waals surface area contributed by atoms with E-state index in [4.69, 9.17) is 0 Å². The molecule has 7 nitrogen and oxygen atoms in total. The van der Waals surface area contributed by atoms with E-state index in [2.05, 4.69) is 5.10 Å². The molecule has 1 aromatic carbocycles. The first-order valence-corrected chi connectivity index (χ1v) is 7.34. The Morgan fingerprint density at radius 3 is 2.58 bits per heavy atom. The number of benzene rings is 1. The fourth-order valence-electron chi connectivity index (χ4n) is 3.13. The summed E-state index contributed by atoms with van der Waals surface area (Å²) in [5, 5.41) is 14.9. The van der Waals surface area contributed by atoms with Gasteiger partial charge in [-0.25, -0.2) is 4.79 Å². The van der Waals surface area contributed by atoms with E-state index in [0.717, 1.165) is 5.39 Å². The third-order valence-electron chi connectivity index (χ3n) is 4.25. The minimum Gasteiger partial charge on any atom is -0.478 e. The molecule has 7 heteroatoms. The topological polar surface area (TPSA) is 82.0 Å². The first kappa shape index (κ1) is 14.3. The number of aryl methyl sites for hydroxylation is 2. The Morgan fingerprint density at radius 1 is 1.17 bits per heavy atom. The monoisotopic (exact) mass is 322 g/mol. The first-order chi connectivity index (χ1) is 11.5. The van der Waals surface area contributed by atoms with E-state index in [1.807, 2.05) is 24.3 Å². The zero-order chi connectivity index (χ0) is 17.0. The fraction of sp³-hybridized carbons (Fsp3) is 0.118. The van der Waals surface area contributed by atoms with Gasteiger partial charge < -0.3 is 14.2 Å². The predicted molar refractivity (Wildman–Crippen MR) is 89.7 cm³/mol. The molecule has 120 valence electrons. The quantitative estimate of drug-likeness (QED) is 0.611. The maximum absolute atomic E-state index is 12.9. The summed E-state index contributed by atoms with van der Waals surface area (Å²) < 4.78 is 4.74. The molecule has 1 N–H and O–H groups in total. The van der Waals surface area contributed by atoms with Crippen LogP contribution in [0.5, 0.6) is 0 Å². The number of carboxylic acid groups (broad SMARTS) is 1. The molecular formula is C17H14N4O3. The van der Waals surface area contributed by atoms with Crippen molar-refractivity contribution in [2.75, 3.05) is 0 Å². The molecule has 0 radical (unpaired) electrons. The molecule has 24 heavy (non-hydrogen) atoms. The van der Waals surface area contributed by atoms with Crippen LogP contribution in [0.15, 0.2) is 47.7 Å². The Balaban J connectivity index is 2.29. The average Bonchev–Trinajstić information content (AvgIpc) is 3.16. The van der Waals surface area contributed by atoms with Crippen molar-refractivity contribution >= 4 is 27.8 Å². The molecule has 0 unspecified atom stereocenters. The van der Waals surface area contributed by atoms with E-state index in [9.17, 15) is 14.7 Å². The average molecular weight is 322 g/mol. The highest BCUT2D eigenvalue weighted by atomic mass is 16.4. The molecule has 4 aromatic rings. The largest absolute Gasteiger partial charge is 0.478 e. The number of hydrogen-bond donors (Lipinski definition) is 1. The number of aromatic carboxylic acids is 1. The van der Waals surface area contributed by atoms with Crippen molar-refractivity contribution in [1.82, 2.24) is 18.9 Å². The molecule has 0 atom stereocenters. The standard InChI is InChI=1S/C17H14N4O3/c1-19-8-10(7-18-19)21-9-12(17(23)24)14-11-5-3-4-6-13(11)20(2)16(22)15(14)21/h3-9H,1-2H3,(H,23,24). The minimum absolute atomic E-state index is 0.0998. The summed E-state index contributed by atoms with van der Waals surface area (Å²) in [5.74, 6) is -1.07. The van der Waals surface area contributed by atoms with Crippen LogP contribution in [-0.4, -0.2) is 30.0 Å². The molecule has 0 saturated heterocycles. The van der Waals surface area contributed by atoms with Crippen molar-refractivity contribution in [2.24, 2.45) is 14.1 Å². The van der Waals surface area contributed by atoms with Crippen LogP contribution in [0.4, 0.5) is 0 Å². The van der Waals surface area contributed by atoms with Gasteiger partial charge in [0, 0.05) is 37.3 Å². The van der Waals surface area contributed by atoms with Crippen LogP contribution in [0.3, 0.4) is 0 Å². The third kappa shape index (κ3) is 1.81. The van der Waals surface area contributed by atoms with Crippen LogP contribution in [0.1, 0.15) is 10.4 Å². The van der Waals surface area contributed by atoms with Gasteiger partial charge in [0.15, 0.2) is 0 Å². The zero-order valence-corrected chi connectivity index (χ0v) is 13.1. The Bertz CT molecular complexity index is 1180. The van der Waals surface area contributed by atoms with Gasteiger partial charge in [-0.15, -0.1) is 0 Å². The molecule has 0 aliphatic rings. The Hall–Kier alpha value is -3.35. The van der Waals surface area contributed by atoms with Crippen molar-refractivity contribution in [3.63, 3.8) is 0 Å². The molecule has 0 aliphatic heterocycles. The van der Waals surface area contributed by atoms with Crippen molar-refractivity contribution in [2.45, 2.75) is 0 Å². The van der Waals surface area contributed by atoms with Gasteiger partial charge in [-0.3, -0.25) is 9.48 Å². The van der Waals surface area contributed by atoms with E-state index >= 15 is 0 Å². The molecule has 0 saturated carbocycles. The highest BCUT2D eigenvalue weighted by Gasteiger charge is 2.22. The van der Waals surface area contributed by atoms with Crippen LogP contribution >= 0.6 is 0 Å². The highest BCUT2D eigenvalue weighted by Crippen LogP contribution is 2.29. The lowest BCUT2D eigenvalue weighted by molar-refractivity contribution is 0.0699. The van der Waals surface area contributed by atoms with Gasteiger partial charge in [0.25, 0.3) is 5.56 Å². The fourth-order valence-corrected chi connectivity index (χ4v) is 3.13. The molecule has 0 spiro atoms. The SMILES string of the molecule is Cn1cc(-n2cc(C(=O)O)c3c4ccccc4n(C)c(=O)c32)cn1. The number of carbonyl (C=O) groups is 1. The normalized spacial score (nSPS) is 11.4. The van der Waals surface area contributed by atoms with E-state index in [1.54, 1.807) is 35.7 Å². The summed E-state index contributed by atoms with van der Waals surface area (Å²) in [5.41, 5.74) is 1.52. The summed E-state index contributed by atoms with van der Waals surface area (Å²) in [6, 6.07) is 7.30. The van der Waals surface area contributed by atoms with Gasteiger partial charge in [-0.2, -0.15) is 5.10 Å². The molecule has 3 aromatic heterocycles. The Morgan fingerprint density at radius 2 is 1.92 bits per heavy atom. The second kappa shape index (κ2) is 4.82. The lowest BCUT2D eigenvalue weighted by Gasteiger charge is -2.08. The molecule has 0 amide bonds. The van der Waals surface area contributed by atoms with Crippen LogP contribution in [0, 0.1) is 0 Å². The van der Waals surface area contributed by atoms with Crippen molar-refractivity contribution < 1.29 is 9.90 Å².